The van der Waals surface area contributed by atoms with E-state index in [0.717, 1.165) is 34.9 Å². The number of hydrogen-bond acceptors (Lipinski definition) is 4. The summed E-state index contributed by atoms with van der Waals surface area (Å²) in [7, 11) is 0. The largest absolute Gasteiger partial charge is 0.390 e. The molecule has 0 fully saturated rings. The van der Waals surface area contributed by atoms with Crippen LogP contribution in [0.4, 0.5) is 8.78 Å². The Balaban J connectivity index is 1.48. The molecule has 0 spiro atoms. The predicted octanol–water partition coefficient (Wildman–Crippen LogP) is 4.32. The third kappa shape index (κ3) is 7.02. The van der Waals surface area contributed by atoms with E-state index >= 15 is 0 Å². The highest BCUT2D eigenvalue weighted by atomic mass is 19.1. The van der Waals surface area contributed by atoms with Crippen LogP contribution in [0, 0.1) is 11.6 Å². The molecule has 0 aliphatic carbocycles. The van der Waals surface area contributed by atoms with Crippen LogP contribution < -0.4 is 10.6 Å². The molecule has 0 aliphatic heterocycles. The van der Waals surface area contributed by atoms with E-state index < -0.39 is 23.8 Å². The van der Waals surface area contributed by atoms with Gasteiger partial charge in [0.15, 0.2) is 0 Å². The number of hydrogen-bond donors (Lipinski definition) is 3. The van der Waals surface area contributed by atoms with E-state index in [2.05, 4.69) is 34.7 Å². The molecule has 4 aromatic rings. The summed E-state index contributed by atoms with van der Waals surface area (Å²) in [6, 6.07) is 18.3. The lowest BCUT2D eigenvalue weighted by Gasteiger charge is -2.25. The van der Waals surface area contributed by atoms with Crippen LogP contribution in [0.3, 0.4) is 0 Å². The molecule has 6 nitrogen and oxygen atoms in total. The summed E-state index contributed by atoms with van der Waals surface area (Å²) in [6.07, 6.45) is 0.658. The van der Waals surface area contributed by atoms with Crippen LogP contribution in [-0.2, 0) is 37.1 Å². The summed E-state index contributed by atoms with van der Waals surface area (Å²) >= 11 is 0. The molecule has 200 valence electrons. The van der Waals surface area contributed by atoms with Crippen LogP contribution in [-0.4, -0.2) is 39.3 Å². The molecule has 3 aromatic carbocycles. The van der Waals surface area contributed by atoms with Crippen molar-refractivity contribution in [3.8, 4) is 0 Å². The van der Waals surface area contributed by atoms with Crippen LogP contribution in [0.1, 0.15) is 36.4 Å². The van der Waals surface area contributed by atoms with Crippen molar-refractivity contribution in [3.05, 3.63) is 101 Å². The molecule has 38 heavy (non-hydrogen) atoms. The fourth-order valence-corrected chi connectivity index (χ4v) is 4.70. The van der Waals surface area contributed by atoms with Crippen LogP contribution in [0.2, 0.25) is 0 Å². The summed E-state index contributed by atoms with van der Waals surface area (Å²) in [5.74, 6) is -0.946. The molecule has 3 N–H and O–H groups in total. The first-order chi connectivity index (χ1) is 18.4. The van der Waals surface area contributed by atoms with Gasteiger partial charge in [0.1, 0.15) is 24.0 Å². The Hall–Kier alpha value is -3.62. The molecule has 0 aliphatic rings. The maximum atomic E-state index is 13.9. The van der Waals surface area contributed by atoms with Gasteiger partial charge in [-0.2, -0.15) is 0 Å². The van der Waals surface area contributed by atoms with Crippen molar-refractivity contribution in [1.82, 2.24) is 20.2 Å². The molecule has 1 amide bonds. The fourth-order valence-electron chi connectivity index (χ4n) is 4.70. The van der Waals surface area contributed by atoms with E-state index in [1.54, 1.807) is 0 Å². The maximum absolute atomic E-state index is 13.9. The van der Waals surface area contributed by atoms with Gasteiger partial charge in [-0.05, 0) is 53.8 Å². The molecule has 0 saturated heterocycles. The second-order valence-corrected chi connectivity index (χ2v) is 9.48. The van der Waals surface area contributed by atoms with Gasteiger partial charge in [-0.25, -0.2) is 13.8 Å². The van der Waals surface area contributed by atoms with Gasteiger partial charge in [-0.15, -0.1) is 0 Å². The standard InChI is InChI=1S/C30H34F2N4O2/c1-3-20-8-7-9-21(12-20)17-33-18-28(37)26(15-22-13-23(31)16-24(32)14-22)35-30(38)19-36-27-11-6-5-10-25(27)34-29(36)4-2/h5-14,16,26,28,33,37H,3-4,15,17-19H2,1-2H3,(H,35,38)/t26-,28+/m0/s1. The number of nitrogens with zero attached hydrogens (tertiary/aromatic N) is 2. The van der Waals surface area contributed by atoms with Gasteiger partial charge in [0, 0.05) is 25.6 Å². The van der Waals surface area contributed by atoms with Crippen molar-refractivity contribution < 1.29 is 18.7 Å². The number of fused-ring (bicyclic) bond motifs is 1. The highest BCUT2D eigenvalue weighted by Gasteiger charge is 2.23. The minimum absolute atomic E-state index is 0.0155. The number of nitrogens with one attached hydrogen (secondary N) is 2. The number of carbonyl (C=O) groups is 1. The Kier molecular flexibility index (Phi) is 9.20. The average Bonchev–Trinajstić information content (AvgIpc) is 3.25. The van der Waals surface area contributed by atoms with Gasteiger partial charge in [0.25, 0.3) is 0 Å². The Morgan fingerprint density at radius 1 is 0.947 bits per heavy atom. The minimum Gasteiger partial charge on any atom is -0.390 e. The highest BCUT2D eigenvalue weighted by molar-refractivity contribution is 5.81. The van der Waals surface area contributed by atoms with E-state index in [0.29, 0.717) is 18.5 Å². The van der Waals surface area contributed by atoms with Crippen molar-refractivity contribution in [2.24, 2.45) is 0 Å². The number of para-hydroxylation sites is 2. The topological polar surface area (TPSA) is 79.2 Å². The van der Waals surface area contributed by atoms with Crippen LogP contribution >= 0.6 is 0 Å². The first-order valence-corrected chi connectivity index (χ1v) is 13.0. The first kappa shape index (κ1) is 27.4. The van der Waals surface area contributed by atoms with E-state index in [-0.39, 0.29) is 25.4 Å². The summed E-state index contributed by atoms with van der Waals surface area (Å²) in [5.41, 5.74) is 4.31. The summed E-state index contributed by atoms with van der Waals surface area (Å²) in [6.45, 7) is 4.81. The van der Waals surface area contributed by atoms with Crippen molar-refractivity contribution >= 4 is 16.9 Å². The third-order valence-electron chi connectivity index (χ3n) is 6.62. The zero-order valence-electron chi connectivity index (χ0n) is 21.8. The smallest absolute Gasteiger partial charge is 0.240 e. The molecule has 1 aromatic heterocycles. The van der Waals surface area contributed by atoms with Crippen LogP contribution in [0.15, 0.2) is 66.7 Å². The minimum atomic E-state index is -0.996. The highest BCUT2D eigenvalue weighted by Crippen LogP contribution is 2.17. The summed E-state index contributed by atoms with van der Waals surface area (Å²) < 4.78 is 29.6. The molecular weight excluding hydrogens is 486 g/mol. The number of carbonyl (C=O) groups excluding carboxylic acids is 1. The molecule has 0 radical (unpaired) electrons. The predicted molar refractivity (Wildman–Crippen MR) is 145 cm³/mol. The van der Waals surface area contributed by atoms with Crippen LogP contribution in [0.5, 0.6) is 0 Å². The maximum Gasteiger partial charge on any atom is 0.240 e. The SMILES string of the molecule is CCc1cccc(CNC[C@@H](O)[C@H](Cc2cc(F)cc(F)c2)NC(=O)Cn2c(CC)nc3ccccc32)c1. The van der Waals surface area contributed by atoms with Gasteiger partial charge in [0.2, 0.25) is 5.91 Å². The van der Waals surface area contributed by atoms with Gasteiger partial charge >= 0.3 is 0 Å². The number of aromatic nitrogens is 2. The lowest BCUT2D eigenvalue weighted by atomic mass is 10.0. The average molecular weight is 521 g/mol. The molecule has 0 unspecified atom stereocenters. The molecule has 1 heterocycles. The van der Waals surface area contributed by atoms with Gasteiger partial charge < -0.3 is 20.3 Å². The number of aliphatic hydroxyl groups is 1. The summed E-state index contributed by atoms with van der Waals surface area (Å²) in [5, 5.41) is 17.2. The zero-order chi connectivity index (χ0) is 27.1. The lowest BCUT2D eigenvalue weighted by Crippen LogP contribution is -2.49. The van der Waals surface area contributed by atoms with E-state index in [4.69, 9.17) is 0 Å². The summed E-state index contributed by atoms with van der Waals surface area (Å²) in [4.78, 5) is 17.8. The van der Waals surface area contributed by atoms with Crippen molar-refractivity contribution in [1.29, 1.82) is 0 Å². The molecule has 8 heteroatoms. The van der Waals surface area contributed by atoms with Gasteiger partial charge in [-0.3, -0.25) is 4.79 Å². The lowest BCUT2D eigenvalue weighted by molar-refractivity contribution is -0.123. The van der Waals surface area contributed by atoms with Crippen molar-refractivity contribution in [2.75, 3.05) is 6.54 Å². The third-order valence-corrected chi connectivity index (χ3v) is 6.62. The van der Waals surface area contributed by atoms with E-state index in [9.17, 15) is 18.7 Å². The van der Waals surface area contributed by atoms with Crippen molar-refractivity contribution in [3.63, 3.8) is 0 Å². The Bertz CT molecular complexity index is 1370. The second kappa shape index (κ2) is 12.8. The van der Waals surface area contributed by atoms with Gasteiger partial charge in [-0.1, -0.05) is 50.2 Å². The number of benzene rings is 3. The molecular formula is C30H34F2N4O2. The quantitative estimate of drug-likeness (QED) is 0.260. The number of aliphatic hydroxyl groups excluding tert-OH is 1. The van der Waals surface area contributed by atoms with Gasteiger partial charge in [0.05, 0.1) is 23.2 Å². The molecule has 0 bridgehead atoms. The fraction of sp³-hybridized carbons (Fsp3) is 0.333. The number of imidazole rings is 1. The number of halogens is 2. The second-order valence-electron chi connectivity index (χ2n) is 9.48. The number of rotatable bonds is 12. The number of amides is 1. The number of aryl methyl sites for hydroxylation is 2. The first-order valence-electron chi connectivity index (χ1n) is 13.0. The normalized spacial score (nSPS) is 13.0. The van der Waals surface area contributed by atoms with Crippen LogP contribution in [0.25, 0.3) is 11.0 Å². The molecule has 2 atom stereocenters. The van der Waals surface area contributed by atoms with E-state index in [1.165, 1.54) is 17.7 Å². The zero-order valence-corrected chi connectivity index (χ0v) is 21.8. The van der Waals surface area contributed by atoms with Crippen molar-refractivity contribution in [2.45, 2.75) is 58.3 Å². The Labute approximate surface area is 221 Å². The Morgan fingerprint density at radius 3 is 2.42 bits per heavy atom. The molecule has 4 rings (SSSR count). The van der Waals surface area contributed by atoms with E-state index in [1.807, 2.05) is 47.9 Å². The molecule has 0 saturated carbocycles. The Morgan fingerprint density at radius 2 is 1.68 bits per heavy atom. The monoisotopic (exact) mass is 520 g/mol.